The Hall–Kier alpha value is -3.81. The van der Waals surface area contributed by atoms with Gasteiger partial charge < -0.3 is 24.8 Å². The highest BCUT2D eigenvalue weighted by molar-refractivity contribution is 6.30. The first-order valence-electron chi connectivity index (χ1n) is 13.5. The molecule has 1 aromatic heterocycles. The fourth-order valence-corrected chi connectivity index (χ4v) is 5.94. The number of aromatic nitrogens is 1. The number of benzene rings is 3. The summed E-state index contributed by atoms with van der Waals surface area (Å²) in [4.78, 5) is 35.4. The van der Waals surface area contributed by atoms with Crippen molar-refractivity contribution >= 4 is 40.0 Å². The van der Waals surface area contributed by atoms with Crippen LogP contribution >= 0.6 is 11.6 Å². The van der Waals surface area contributed by atoms with Crippen molar-refractivity contribution in [2.75, 3.05) is 39.2 Å². The average molecular weight is 559 g/mol. The summed E-state index contributed by atoms with van der Waals surface area (Å²) in [6, 6.07) is 19.8. The molecule has 3 aromatic carbocycles. The normalized spacial score (nSPS) is 16.4. The number of methoxy groups -OCH3 is 1. The molecule has 0 spiro atoms. The van der Waals surface area contributed by atoms with Gasteiger partial charge in [0.1, 0.15) is 11.8 Å². The monoisotopic (exact) mass is 558 g/mol. The summed E-state index contributed by atoms with van der Waals surface area (Å²) in [5.74, 6) is 0.117. The Labute approximate surface area is 240 Å². The van der Waals surface area contributed by atoms with Crippen molar-refractivity contribution in [3.05, 3.63) is 94.6 Å². The van der Waals surface area contributed by atoms with Gasteiger partial charge in [0.05, 0.1) is 7.11 Å². The predicted molar refractivity (Wildman–Crippen MR) is 161 cm³/mol. The highest BCUT2D eigenvalue weighted by atomic mass is 35.5. The van der Waals surface area contributed by atoms with E-state index in [1.807, 2.05) is 74.6 Å². The number of carbonyl (C=O) groups is 2. The van der Waals surface area contributed by atoms with Crippen LogP contribution < -0.4 is 15.0 Å². The van der Waals surface area contributed by atoms with Crippen LogP contribution in [-0.4, -0.2) is 62.0 Å². The number of anilines is 1. The molecule has 7 nitrogen and oxygen atoms in total. The highest BCUT2D eigenvalue weighted by Gasteiger charge is 2.37. The second-order valence-electron chi connectivity index (χ2n) is 10.8. The van der Waals surface area contributed by atoms with Crippen molar-refractivity contribution in [3.63, 3.8) is 0 Å². The molecule has 3 atom stereocenters. The van der Waals surface area contributed by atoms with Gasteiger partial charge in [-0.1, -0.05) is 36.7 Å². The third kappa shape index (κ3) is 5.71. The third-order valence-electron chi connectivity index (χ3n) is 7.69. The Kier molecular flexibility index (Phi) is 8.14. The van der Waals surface area contributed by atoms with Crippen LogP contribution in [0.4, 0.5) is 5.69 Å². The summed E-state index contributed by atoms with van der Waals surface area (Å²) in [6.07, 6.45) is 2.77. The van der Waals surface area contributed by atoms with E-state index in [2.05, 4.69) is 15.2 Å². The second kappa shape index (κ2) is 11.7. The van der Waals surface area contributed by atoms with Gasteiger partial charge in [0.25, 0.3) is 5.91 Å². The molecule has 2 N–H and O–H groups in total. The molecule has 1 aliphatic heterocycles. The molecule has 0 saturated carbocycles. The fourth-order valence-electron chi connectivity index (χ4n) is 5.75. The standard InChI is InChI=1S/C32H35ClN4O3/c1-20(27-17-34-28-8-6-5-7-26(27)28)30(35-31(38)22-9-12-25(40-4)13-10-22)32(39)37-19-21(18-36(2)3)15-23-16-24(33)11-14-29(23)37/h5-14,16-17,20-21,30,34H,15,18-19H2,1-4H3,(H,35,38)/t20?,21-,30?/m1/s1. The van der Waals surface area contributed by atoms with Crippen molar-refractivity contribution in [1.29, 1.82) is 0 Å². The minimum Gasteiger partial charge on any atom is -0.497 e. The van der Waals surface area contributed by atoms with Crippen LogP contribution in [0.1, 0.15) is 34.3 Å². The maximum atomic E-state index is 14.6. The zero-order chi connectivity index (χ0) is 28.4. The number of para-hydroxylation sites is 1. The van der Waals surface area contributed by atoms with E-state index in [0.29, 0.717) is 22.9 Å². The first kappa shape index (κ1) is 27.7. The van der Waals surface area contributed by atoms with Crippen molar-refractivity contribution in [2.24, 2.45) is 5.92 Å². The van der Waals surface area contributed by atoms with Crippen molar-refractivity contribution in [3.8, 4) is 5.75 Å². The van der Waals surface area contributed by atoms with E-state index in [1.54, 1.807) is 31.4 Å². The Bertz CT molecular complexity index is 1510. The van der Waals surface area contributed by atoms with Crippen molar-refractivity contribution < 1.29 is 14.3 Å². The van der Waals surface area contributed by atoms with E-state index < -0.39 is 6.04 Å². The van der Waals surface area contributed by atoms with E-state index in [9.17, 15) is 9.59 Å². The van der Waals surface area contributed by atoms with Gasteiger partial charge in [0.15, 0.2) is 0 Å². The lowest BCUT2D eigenvalue weighted by Gasteiger charge is -2.38. The molecule has 5 rings (SSSR count). The van der Waals surface area contributed by atoms with Crippen LogP contribution in [-0.2, 0) is 11.2 Å². The molecular formula is C32H35ClN4O3. The SMILES string of the molecule is COc1ccc(C(=O)NC(C(=O)N2C[C@@H](CN(C)C)Cc3cc(Cl)ccc32)C(C)c2c[nH]c3ccccc23)cc1. The van der Waals surface area contributed by atoms with Crippen LogP contribution in [0.3, 0.4) is 0 Å². The summed E-state index contributed by atoms with van der Waals surface area (Å²) < 4.78 is 5.25. The number of hydrogen-bond acceptors (Lipinski definition) is 4. The van der Waals surface area contributed by atoms with Gasteiger partial charge in [-0.2, -0.15) is 0 Å². The van der Waals surface area contributed by atoms with Gasteiger partial charge in [-0.25, -0.2) is 0 Å². The quantitative estimate of drug-likeness (QED) is 0.299. The summed E-state index contributed by atoms with van der Waals surface area (Å²) in [5, 5.41) is 4.77. The number of ether oxygens (including phenoxy) is 1. The lowest BCUT2D eigenvalue weighted by Crippen LogP contribution is -2.54. The summed E-state index contributed by atoms with van der Waals surface area (Å²) in [6.45, 7) is 3.38. The molecule has 208 valence electrons. The van der Waals surface area contributed by atoms with Crippen LogP contribution in [0.5, 0.6) is 5.75 Å². The maximum absolute atomic E-state index is 14.6. The molecule has 0 aliphatic carbocycles. The Morgan fingerprint density at radius 1 is 1.12 bits per heavy atom. The van der Waals surface area contributed by atoms with E-state index in [0.717, 1.165) is 40.7 Å². The lowest BCUT2D eigenvalue weighted by atomic mass is 9.88. The van der Waals surface area contributed by atoms with Crippen LogP contribution in [0, 0.1) is 5.92 Å². The molecule has 0 radical (unpaired) electrons. The number of carbonyl (C=O) groups excluding carboxylic acids is 2. The Balaban J connectivity index is 1.53. The Morgan fingerprint density at radius 2 is 1.88 bits per heavy atom. The third-order valence-corrected chi connectivity index (χ3v) is 7.92. The van der Waals surface area contributed by atoms with E-state index in [1.165, 1.54) is 0 Å². The number of halogens is 1. The van der Waals surface area contributed by atoms with Gasteiger partial charge >= 0.3 is 0 Å². The number of fused-ring (bicyclic) bond motifs is 2. The zero-order valence-corrected chi connectivity index (χ0v) is 24.0. The molecule has 2 amide bonds. The summed E-state index contributed by atoms with van der Waals surface area (Å²) in [7, 11) is 5.66. The second-order valence-corrected chi connectivity index (χ2v) is 11.2. The number of amides is 2. The Morgan fingerprint density at radius 3 is 2.60 bits per heavy atom. The molecular weight excluding hydrogens is 524 g/mol. The average Bonchev–Trinajstić information content (AvgIpc) is 3.38. The fraction of sp³-hybridized carbons (Fsp3) is 0.312. The molecule has 2 unspecified atom stereocenters. The number of rotatable bonds is 8. The van der Waals surface area contributed by atoms with Gasteiger partial charge in [-0.3, -0.25) is 9.59 Å². The molecule has 0 fully saturated rings. The van der Waals surface area contributed by atoms with E-state index >= 15 is 0 Å². The molecule has 2 heterocycles. The van der Waals surface area contributed by atoms with Crippen LogP contribution in [0.2, 0.25) is 5.02 Å². The highest BCUT2D eigenvalue weighted by Crippen LogP contribution is 2.35. The molecule has 8 heteroatoms. The van der Waals surface area contributed by atoms with Gasteiger partial charge in [0.2, 0.25) is 5.91 Å². The summed E-state index contributed by atoms with van der Waals surface area (Å²) in [5.41, 5.74) is 4.31. The molecule has 0 saturated heterocycles. The van der Waals surface area contributed by atoms with Gasteiger partial charge in [0, 0.05) is 52.4 Å². The zero-order valence-electron chi connectivity index (χ0n) is 23.3. The van der Waals surface area contributed by atoms with Crippen molar-refractivity contribution in [1.82, 2.24) is 15.2 Å². The maximum Gasteiger partial charge on any atom is 0.251 e. The van der Waals surface area contributed by atoms with E-state index in [-0.39, 0.29) is 23.7 Å². The minimum atomic E-state index is -0.810. The summed E-state index contributed by atoms with van der Waals surface area (Å²) >= 11 is 6.37. The first-order chi connectivity index (χ1) is 19.2. The topological polar surface area (TPSA) is 77.7 Å². The molecule has 40 heavy (non-hydrogen) atoms. The predicted octanol–water partition coefficient (Wildman–Crippen LogP) is 5.50. The van der Waals surface area contributed by atoms with Gasteiger partial charge in [-0.05, 0) is 86.1 Å². The molecule has 1 aliphatic rings. The van der Waals surface area contributed by atoms with E-state index in [4.69, 9.17) is 16.3 Å². The number of nitrogens with one attached hydrogen (secondary N) is 2. The minimum absolute atomic E-state index is 0.147. The van der Waals surface area contributed by atoms with Crippen LogP contribution in [0.25, 0.3) is 10.9 Å². The number of aromatic amines is 1. The smallest absolute Gasteiger partial charge is 0.251 e. The number of hydrogen-bond donors (Lipinski definition) is 2. The largest absolute Gasteiger partial charge is 0.497 e. The molecule has 4 aromatic rings. The van der Waals surface area contributed by atoms with Crippen molar-refractivity contribution in [2.45, 2.75) is 25.3 Å². The number of nitrogens with zero attached hydrogens (tertiary/aromatic N) is 2. The molecule has 0 bridgehead atoms. The lowest BCUT2D eigenvalue weighted by molar-refractivity contribution is -0.121. The van der Waals surface area contributed by atoms with Crippen LogP contribution in [0.15, 0.2) is 72.9 Å². The number of H-pyrrole nitrogens is 1. The van der Waals surface area contributed by atoms with Gasteiger partial charge in [-0.15, -0.1) is 0 Å². The first-order valence-corrected chi connectivity index (χ1v) is 13.9.